The molecule has 0 unspecified atom stereocenters. The van der Waals surface area contributed by atoms with Crippen LogP contribution in [-0.2, 0) is 0 Å². The van der Waals surface area contributed by atoms with Gasteiger partial charge in [0.25, 0.3) is 5.91 Å². The SMILES string of the molecule is CCC[C@@H](C)NC(=O)c1ccc(OCC)c(OCC)c1. The summed E-state index contributed by atoms with van der Waals surface area (Å²) in [6.45, 7) is 9.05. The molecule has 0 aliphatic heterocycles. The van der Waals surface area contributed by atoms with Crippen molar-refractivity contribution >= 4 is 5.91 Å². The summed E-state index contributed by atoms with van der Waals surface area (Å²) in [5.74, 6) is 1.22. The van der Waals surface area contributed by atoms with E-state index < -0.39 is 0 Å². The molecule has 0 radical (unpaired) electrons. The highest BCUT2D eigenvalue weighted by atomic mass is 16.5. The predicted molar refractivity (Wildman–Crippen MR) is 80.6 cm³/mol. The molecular formula is C16H25NO3. The van der Waals surface area contributed by atoms with E-state index >= 15 is 0 Å². The Balaban J connectivity index is 2.84. The van der Waals surface area contributed by atoms with Gasteiger partial charge in [0, 0.05) is 11.6 Å². The van der Waals surface area contributed by atoms with Crippen LogP contribution in [0.2, 0.25) is 0 Å². The number of rotatable bonds is 8. The van der Waals surface area contributed by atoms with Gasteiger partial charge in [-0.25, -0.2) is 0 Å². The average Bonchev–Trinajstić information content (AvgIpc) is 2.41. The van der Waals surface area contributed by atoms with Gasteiger partial charge in [-0.3, -0.25) is 4.79 Å². The zero-order valence-corrected chi connectivity index (χ0v) is 12.9. The summed E-state index contributed by atoms with van der Waals surface area (Å²) < 4.78 is 11.0. The van der Waals surface area contributed by atoms with Gasteiger partial charge in [0.05, 0.1) is 13.2 Å². The van der Waals surface area contributed by atoms with Gasteiger partial charge in [-0.05, 0) is 45.4 Å². The van der Waals surface area contributed by atoms with Crippen LogP contribution in [0.3, 0.4) is 0 Å². The summed E-state index contributed by atoms with van der Waals surface area (Å²) in [6.07, 6.45) is 2.02. The summed E-state index contributed by atoms with van der Waals surface area (Å²) in [5.41, 5.74) is 0.597. The van der Waals surface area contributed by atoms with Crippen LogP contribution in [0.4, 0.5) is 0 Å². The van der Waals surface area contributed by atoms with E-state index in [9.17, 15) is 4.79 Å². The van der Waals surface area contributed by atoms with Crippen LogP contribution >= 0.6 is 0 Å². The van der Waals surface area contributed by atoms with E-state index in [0.29, 0.717) is 30.3 Å². The number of hydrogen-bond acceptors (Lipinski definition) is 3. The summed E-state index contributed by atoms with van der Waals surface area (Å²) in [6, 6.07) is 5.47. The predicted octanol–water partition coefficient (Wildman–Crippen LogP) is 3.40. The van der Waals surface area contributed by atoms with Crippen molar-refractivity contribution in [2.45, 2.75) is 46.6 Å². The fourth-order valence-corrected chi connectivity index (χ4v) is 2.00. The smallest absolute Gasteiger partial charge is 0.251 e. The lowest BCUT2D eigenvalue weighted by Crippen LogP contribution is -2.32. The fourth-order valence-electron chi connectivity index (χ4n) is 2.00. The van der Waals surface area contributed by atoms with E-state index in [1.165, 1.54) is 0 Å². The van der Waals surface area contributed by atoms with Crippen LogP contribution < -0.4 is 14.8 Å². The topological polar surface area (TPSA) is 47.6 Å². The van der Waals surface area contributed by atoms with Crippen molar-refractivity contribution in [3.05, 3.63) is 23.8 Å². The molecule has 0 saturated heterocycles. The van der Waals surface area contributed by atoms with Gasteiger partial charge in [0.15, 0.2) is 11.5 Å². The second kappa shape index (κ2) is 8.46. The van der Waals surface area contributed by atoms with Crippen LogP contribution in [0.15, 0.2) is 18.2 Å². The molecule has 1 rings (SSSR count). The van der Waals surface area contributed by atoms with E-state index in [-0.39, 0.29) is 11.9 Å². The third-order valence-electron chi connectivity index (χ3n) is 2.90. The molecule has 1 aromatic carbocycles. The van der Waals surface area contributed by atoms with E-state index in [1.807, 2.05) is 20.8 Å². The Morgan fingerprint density at radius 3 is 2.40 bits per heavy atom. The number of amides is 1. The molecule has 1 N–H and O–H groups in total. The van der Waals surface area contributed by atoms with Crippen molar-refractivity contribution in [3.63, 3.8) is 0 Å². The third-order valence-corrected chi connectivity index (χ3v) is 2.90. The Kier molecular flexibility index (Phi) is 6.91. The van der Waals surface area contributed by atoms with Gasteiger partial charge >= 0.3 is 0 Å². The number of carbonyl (C=O) groups excluding carboxylic acids is 1. The molecule has 0 aromatic heterocycles. The molecule has 0 heterocycles. The second-order valence-electron chi connectivity index (χ2n) is 4.69. The Labute approximate surface area is 121 Å². The number of benzene rings is 1. The molecule has 20 heavy (non-hydrogen) atoms. The summed E-state index contributed by atoms with van der Waals surface area (Å²) >= 11 is 0. The molecule has 4 heteroatoms. The first-order valence-electron chi connectivity index (χ1n) is 7.32. The van der Waals surface area contributed by atoms with Gasteiger partial charge in [-0.15, -0.1) is 0 Å². The summed E-state index contributed by atoms with van der Waals surface area (Å²) in [4.78, 5) is 12.1. The molecule has 112 valence electrons. The quantitative estimate of drug-likeness (QED) is 0.793. The molecule has 1 amide bonds. The van der Waals surface area contributed by atoms with Gasteiger partial charge in [-0.1, -0.05) is 13.3 Å². The van der Waals surface area contributed by atoms with Crippen LogP contribution in [0.5, 0.6) is 11.5 Å². The van der Waals surface area contributed by atoms with Crippen LogP contribution in [0, 0.1) is 0 Å². The Bertz CT molecular complexity index is 432. The van der Waals surface area contributed by atoms with Crippen molar-refractivity contribution in [1.82, 2.24) is 5.32 Å². The highest BCUT2D eigenvalue weighted by molar-refractivity contribution is 5.95. The normalized spacial score (nSPS) is 11.8. The minimum atomic E-state index is -0.0741. The molecule has 1 aromatic rings. The van der Waals surface area contributed by atoms with Gasteiger partial charge in [0.2, 0.25) is 0 Å². The van der Waals surface area contributed by atoms with Gasteiger partial charge < -0.3 is 14.8 Å². The van der Waals surface area contributed by atoms with Crippen molar-refractivity contribution < 1.29 is 14.3 Å². The van der Waals surface area contributed by atoms with E-state index in [2.05, 4.69) is 12.2 Å². The standard InChI is InChI=1S/C16H25NO3/c1-5-8-12(4)17-16(18)13-9-10-14(19-6-2)15(11-13)20-7-3/h9-12H,5-8H2,1-4H3,(H,17,18)/t12-/m1/s1. The molecule has 0 fully saturated rings. The van der Waals surface area contributed by atoms with Crippen LogP contribution in [-0.4, -0.2) is 25.2 Å². The van der Waals surface area contributed by atoms with Crippen molar-refractivity contribution in [2.24, 2.45) is 0 Å². The third kappa shape index (κ3) is 4.76. The first-order valence-corrected chi connectivity index (χ1v) is 7.32. The maximum atomic E-state index is 12.1. The van der Waals surface area contributed by atoms with Crippen LogP contribution in [0.1, 0.15) is 50.9 Å². The number of hydrogen-bond donors (Lipinski definition) is 1. The zero-order chi connectivity index (χ0) is 15.0. The Morgan fingerprint density at radius 2 is 1.80 bits per heavy atom. The van der Waals surface area contributed by atoms with E-state index in [1.54, 1.807) is 18.2 Å². The number of ether oxygens (including phenoxy) is 2. The maximum absolute atomic E-state index is 12.1. The highest BCUT2D eigenvalue weighted by Crippen LogP contribution is 2.28. The summed E-state index contributed by atoms with van der Waals surface area (Å²) in [5, 5.41) is 2.98. The van der Waals surface area contributed by atoms with Crippen molar-refractivity contribution in [2.75, 3.05) is 13.2 Å². The lowest BCUT2D eigenvalue weighted by Gasteiger charge is -2.15. The first-order chi connectivity index (χ1) is 9.62. The average molecular weight is 279 g/mol. The Hall–Kier alpha value is -1.71. The first kappa shape index (κ1) is 16.3. The molecule has 0 aliphatic carbocycles. The molecular weight excluding hydrogens is 254 g/mol. The van der Waals surface area contributed by atoms with E-state index in [4.69, 9.17) is 9.47 Å². The fraction of sp³-hybridized carbons (Fsp3) is 0.562. The largest absolute Gasteiger partial charge is 0.490 e. The summed E-state index contributed by atoms with van der Waals surface area (Å²) in [7, 11) is 0. The van der Waals surface area contributed by atoms with Gasteiger partial charge in [0.1, 0.15) is 0 Å². The molecule has 0 spiro atoms. The monoisotopic (exact) mass is 279 g/mol. The lowest BCUT2D eigenvalue weighted by atomic mass is 10.1. The lowest BCUT2D eigenvalue weighted by molar-refractivity contribution is 0.0938. The number of nitrogens with one attached hydrogen (secondary N) is 1. The molecule has 4 nitrogen and oxygen atoms in total. The van der Waals surface area contributed by atoms with Crippen LogP contribution in [0.25, 0.3) is 0 Å². The zero-order valence-electron chi connectivity index (χ0n) is 12.9. The molecule has 1 atom stereocenters. The molecule has 0 bridgehead atoms. The number of carbonyl (C=O) groups is 1. The van der Waals surface area contributed by atoms with Crippen molar-refractivity contribution in [1.29, 1.82) is 0 Å². The van der Waals surface area contributed by atoms with Gasteiger partial charge in [-0.2, -0.15) is 0 Å². The van der Waals surface area contributed by atoms with E-state index in [0.717, 1.165) is 12.8 Å². The minimum absolute atomic E-state index is 0.0741. The molecule has 0 saturated carbocycles. The Morgan fingerprint density at radius 1 is 1.15 bits per heavy atom. The minimum Gasteiger partial charge on any atom is -0.490 e. The maximum Gasteiger partial charge on any atom is 0.251 e. The van der Waals surface area contributed by atoms with Crippen molar-refractivity contribution in [3.8, 4) is 11.5 Å². The molecule has 0 aliphatic rings. The second-order valence-corrected chi connectivity index (χ2v) is 4.69. The highest BCUT2D eigenvalue weighted by Gasteiger charge is 2.13.